The summed E-state index contributed by atoms with van der Waals surface area (Å²) in [4.78, 5) is 12.9. The number of hydrogen-bond donors (Lipinski definition) is 0. The number of hydrogen-bond acceptors (Lipinski definition) is 3. The smallest absolute Gasteiger partial charge is 0.269 e. The third-order valence-electron chi connectivity index (χ3n) is 4.24. The van der Waals surface area contributed by atoms with Crippen molar-refractivity contribution in [2.24, 2.45) is 11.8 Å². The number of rotatable bonds is 4. The summed E-state index contributed by atoms with van der Waals surface area (Å²) in [5, 5.41) is 11.5. The Morgan fingerprint density at radius 3 is 2.55 bits per heavy atom. The van der Waals surface area contributed by atoms with Gasteiger partial charge in [-0.25, -0.2) is 0 Å². The summed E-state index contributed by atoms with van der Waals surface area (Å²) in [6.07, 6.45) is 2.41. The minimum Gasteiger partial charge on any atom is -0.371 e. The molecule has 0 radical (unpaired) electrons. The molecule has 1 heterocycles. The van der Waals surface area contributed by atoms with E-state index in [1.807, 2.05) is 6.07 Å². The lowest BCUT2D eigenvalue weighted by Gasteiger charge is -2.36. The molecular weight excluding hydrogens is 320 g/mol. The number of benzene rings is 1. The first-order valence-corrected chi connectivity index (χ1v) is 8.23. The van der Waals surface area contributed by atoms with E-state index in [4.69, 9.17) is 0 Å². The van der Waals surface area contributed by atoms with Gasteiger partial charge >= 0.3 is 0 Å². The number of alkyl halides is 1. The van der Waals surface area contributed by atoms with Crippen LogP contribution in [0, 0.1) is 22.0 Å². The highest BCUT2D eigenvalue weighted by Gasteiger charge is 2.23. The molecule has 5 heteroatoms. The van der Waals surface area contributed by atoms with Gasteiger partial charge in [0.05, 0.1) is 4.92 Å². The second kappa shape index (κ2) is 6.57. The molecule has 1 aromatic rings. The van der Waals surface area contributed by atoms with Crippen molar-refractivity contribution in [3.8, 4) is 0 Å². The van der Waals surface area contributed by atoms with E-state index in [9.17, 15) is 10.1 Å². The van der Waals surface area contributed by atoms with Crippen LogP contribution < -0.4 is 4.90 Å². The number of nitro benzene ring substituents is 1. The van der Waals surface area contributed by atoms with Crippen molar-refractivity contribution >= 4 is 27.3 Å². The number of nitro groups is 1. The Morgan fingerprint density at radius 1 is 1.40 bits per heavy atom. The zero-order valence-electron chi connectivity index (χ0n) is 12.0. The molecule has 4 nitrogen and oxygen atoms in total. The van der Waals surface area contributed by atoms with Gasteiger partial charge in [-0.2, -0.15) is 0 Å². The molecule has 0 bridgehead atoms. The summed E-state index contributed by atoms with van der Waals surface area (Å²) in [5.74, 6) is 1.54. The van der Waals surface area contributed by atoms with E-state index in [0.29, 0.717) is 5.33 Å². The van der Waals surface area contributed by atoms with E-state index < -0.39 is 0 Å². The van der Waals surface area contributed by atoms with Crippen LogP contribution in [-0.2, 0) is 5.33 Å². The average molecular weight is 341 g/mol. The van der Waals surface area contributed by atoms with E-state index >= 15 is 0 Å². The molecular formula is C15H21BrN2O2. The maximum atomic E-state index is 10.9. The van der Waals surface area contributed by atoms with Crippen molar-refractivity contribution in [1.82, 2.24) is 0 Å². The van der Waals surface area contributed by atoms with Crippen LogP contribution in [0.25, 0.3) is 0 Å². The van der Waals surface area contributed by atoms with Gasteiger partial charge in [0.1, 0.15) is 0 Å². The normalized spacial score (nSPS) is 16.7. The van der Waals surface area contributed by atoms with Crippen LogP contribution in [0.4, 0.5) is 11.4 Å². The lowest BCUT2D eigenvalue weighted by Crippen LogP contribution is -2.35. The second-order valence-electron chi connectivity index (χ2n) is 5.77. The molecule has 0 saturated carbocycles. The molecule has 0 spiro atoms. The van der Waals surface area contributed by atoms with Crippen molar-refractivity contribution in [2.75, 3.05) is 18.0 Å². The zero-order chi connectivity index (χ0) is 14.7. The van der Waals surface area contributed by atoms with Crippen molar-refractivity contribution in [3.63, 3.8) is 0 Å². The molecule has 2 rings (SSSR count). The molecule has 0 atom stereocenters. The Hall–Kier alpha value is -1.10. The topological polar surface area (TPSA) is 46.4 Å². The quantitative estimate of drug-likeness (QED) is 0.464. The summed E-state index contributed by atoms with van der Waals surface area (Å²) in [6, 6.07) is 5.18. The first-order valence-electron chi connectivity index (χ1n) is 7.11. The highest BCUT2D eigenvalue weighted by Crippen LogP contribution is 2.32. The third-order valence-corrected chi connectivity index (χ3v) is 4.85. The van der Waals surface area contributed by atoms with Gasteiger partial charge in [-0.1, -0.05) is 29.8 Å². The molecule has 1 aliphatic rings. The number of non-ortho nitro benzene ring substituents is 1. The number of halogens is 1. The first kappa shape index (κ1) is 15.3. The lowest BCUT2D eigenvalue weighted by molar-refractivity contribution is -0.384. The highest BCUT2D eigenvalue weighted by atomic mass is 79.9. The first-order chi connectivity index (χ1) is 9.52. The van der Waals surface area contributed by atoms with E-state index in [0.717, 1.165) is 36.2 Å². The number of anilines is 1. The maximum absolute atomic E-state index is 10.9. The molecule has 0 unspecified atom stereocenters. The van der Waals surface area contributed by atoms with Gasteiger partial charge < -0.3 is 4.90 Å². The SMILES string of the molecule is CC(C)C1CCN(c2ccc([N+](=O)[O-])cc2CBr)CC1. The fourth-order valence-corrected chi connectivity index (χ4v) is 3.36. The summed E-state index contributed by atoms with van der Waals surface area (Å²) in [6.45, 7) is 6.66. The van der Waals surface area contributed by atoms with Crippen molar-refractivity contribution in [1.29, 1.82) is 0 Å². The van der Waals surface area contributed by atoms with Crippen LogP contribution in [-0.4, -0.2) is 18.0 Å². The highest BCUT2D eigenvalue weighted by molar-refractivity contribution is 9.08. The molecule has 1 aliphatic heterocycles. The fourth-order valence-electron chi connectivity index (χ4n) is 2.91. The van der Waals surface area contributed by atoms with Crippen LogP contribution in [0.5, 0.6) is 0 Å². The molecule has 20 heavy (non-hydrogen) atoms. The molecule has 0 amide bonds. The molecule has 1 aromatic carbocycles. The van der Waals surface area contributed by atoms with E-state index in [1.54, 1.807) is 12.1 Å². The van der Waals surface area contributed by atoms with Gasteiger partial charge in [-0.3, -0.25) is 10.1 Å². The van der Waals surface area contributed by atoms with Gasteiger partial charge in [0.2, 0.25) is 0 Å². The van der Waals surface area contributed by atoms with E-state index in [-0.39, 0.29) is 10.6 Å². The standard InChI is InChI=1S/C15H21BrN2O2/c1-11(2)12-5-7-17(8-6-12)15-4-3-14(18(19)20)9-13(15)10-16/h3-4,9,11-12H,5-8,10H2,1-2H3. The number of piperidine rings is 1. The minimum absolute atomic E-state index is 0.167. The van der Waals surface area contributed by atoms with Gasteiger partial charge in [-0.05, 0) is 36.3 Å². The lowest BCUT2D eigenvalue weighted by atomic mass is 9.86. The Kier molecular flexibility index (Phi) is 5.02. The van der Waals surface area contributed by atoms with Crippen LogP contribution in [0.1, 0.15) is 32.3 Å². The summed E-state index contributed by atoms with van der Waals surface area (Å²) >= 11 is 3.44. The fraction of sp³-hybridized carbons (Fsp3) is 0.600. The maximum Gasteiger partial charge on any atom is 0.269 e. The molecule has 1 fully saturated rings. The molecule has 0 aliphatic carbocycles. The van der Waals surface area contributed by atoms with Crippen LogP contribution >= 0.6 is 15.9 Å². The Bertz CT molecular complexity index is 483. The molecule has 1 saturated heterocycles. The second-order valence-corrected chi connectivity index (χ2v) is 6.33. The molecule has 0 N–H and O–H groups in total. The summed E-state index contributed by atoms with van der Waals surface area (Å²) in [5.41, 5.74) is 2.30. The van der Waals surface area contributed by atoms with Crippen LogP contribution in [0.15, 0.2) is 18.2 Å². The van der Waals surface area contributed by atoms with Crippen molar-refractivity contribution < 1.29 is 4.92 Å². The summed E-state index contributed by atoms with van der Waals surface area (Å²) < 4.78 is 0. The van der Waals surface area contributed by atoms with Gasteiger partial charge in [0, 0.05) is 36.2 Å². The van der Waals surface area contributed by atoms with Crippen molar-refractivity contribution in [3.05, 3.63) is 33.9 Å². The summed E-state index contributed by atoms with van der Waals surface area (Å²) in [7, 11) is 0. The van der Waals surface area contributed by atoms with Crippen LogP contribution in [0.2, 0.25) is 0 Å². The van der Waals surface area contributed by atoms with Crippen LogP contribution in [0.3, 0.4) is 0 Å². The van der Waals surface area contributed by atoms with E-state index in [1.165, 1.54) is 12.8 Å². The third kappa shape index (κ3) is 3.32. The predicted octanol–water partition coefficient (Wildman–Crippen LogP) is 4.36. The van der Waals surface area contributed by atoms with Gasteiger partial charge in [0.15, 0.2) is 0 Å². The largest absolute Gasteiger partial charge is 0.371 e. The van der Waals surface area contributed by atoms with E-state index in [2.05, 4.69) is 34.7 Å². The molecule has 110 valence electrons. The Labute approximate surface area is 128 Å². The monoisotopic (exact) mass is 340 g/mol. The molecule has 0 aromatic heterocycles. The van der Waals surface area contributed by atoms with Crippen molar-refractivity contribution in [2.45, 2.75) is 32.0 Å². The predicted molar refractivity (Wildman–Crippen MR) is 85.5 cm³/mol. The van der Waals surface area contributed by atoms with Gasteiger partial charge in [-0.15, -0.1) is 0 Å². The Morgan fingerprint density at radius 2 is 2.05 bits per heavy atom. The minimum atomic E-state index is -0.332. The van der Waals surface area contributed by atoms with Gasteiger partial charge in [0.25, 0.3) is 5.69 Å². The zero-order valence-corrected chi connectivity index (χ0v) is 13.6. The average Bonchev–Trinajstić information content (AvgIpc) is 2.46. The number of nitrogens with zero attached hydrogens (tertiary/aromatic N) is 2. The Balaban J connectivity index is 2.15.